The average molecular weight is 535 g/mol. The van der Waals surface area contributed by atoms with Crippen LogP contribution >= 0.6 is 0 Å². The Kier molecular flexibility index (Phi) is 4.64. The normalized spacial score (nSPS) is 17.1. The summed E-state index contributed by atoms with van der Waals surface area (Å²) in [4.78, 5) is 15.7. The maximum atomic E-state index is 12.6. The van der Waals surface area contributed by atoms with Gasteiger partial charge in [0.1, 0.15) is 23.7 Å². The second kappa shape index (κ2) is 8.06. The van der Waals surface area contributed by atoms with Crippen LogP contribution in [0.5, 0.6) is 5.88 Å². The first kappa shape index (κ1) is 23.0. The highest BCUT2D eigenvalue weighted by Gasteiger charge is 2.37. The third-order valence-corrected chi connectivity index (χ3v) is 8.12. The van der Waals surface area contributed by atoms with Gasteiger partial charge in [-0.2, -0.15) is 0 Å². The summed E-state index contributed by atoms with van der Waals surface area (Å²) in [7, 11) is 0. The number of benzene rings is 3. The summed E-state index contributed by atoms with van der Waals surface area (Å²) in [5.41, 5.74) is 2.39. The first-order chi connectivity index (χ1) is 19.4. The number of ether oxygens (including phenoxy) is 1. The maximum Gasteiger partial charge on any atom is 0.407 e. The third kappa shape index (κ3) is 3.15. The van der Waals surface area contributed by atoms with Gasteiger partial charge in [0.25, 0.3) is 0 Å². The summed E-state index contributed by atoms with van der Waals surface area (Å²) in [5, 5.41) is 31.5. The molecule has 9 heteroatoms. The van der Waals surface area contributed by atoms with Gasteiger partial charge in [-0.15, -0.1) is 0 Å². The standard InChI is InChI=1S/C31H26N4O5/c1-17-10-11-18(40-17)12-33-30(37)39-16-31(38)14-34-22-8-4-2-6-19(22)24-21-13-32-29(36)26(21)25-20-7-3-5-9-23(20)35(15-31)28(25)27(24)34/h2-11,13,32,36,38H,12,14-16H2,1H3,(H,33,37). The lowest BCUT2D eigenvalue weighted by Gasteiger charge is -2.28. The number of H-pyrrole nitrogens is 1. The van der Waals surface area contributed by atoms with Crippen molar-refractivity contribution in [1.29, 1.82) is 0 Å². The van der Waals surface area contributed by atoms with E-state index in [1.165, 1.54) is 0 Å². The van der Waals surface area contributed by atoms with E-state index in [-0.39, 0.29) is 32.1 Å². The molecule has 0 fully saturated rings. The number of nitrogens with zero attached hydrogens (tertiary/aromatic N) is 2. The molecule has 4 aromatic heterocycles. The molecule has 1 unspecified atom stereocenters. The van der Waals surface area contributed by atoms with E-state index in [2.05, 4.69) is 25.5 Å². The summed E-state index contributed by atoms with van der Waals surface area (Å²) in [6.45, 7) is 2.24. The van der Waals surface area contributed by atoms with Gasteiger partial charge in [-0.1, -0.05) is 36.4 Å². The van der Waals surface area contributed by atoms with Crippen molar-refractivity contribution >= 4 is 60.5 Å². The zero-order valence-corrected chi connectivity index (χ0v) is 21.7. The highest BCUT2D eigenvalue weighted by atomic mass is 16.6. The second-order valence-corrected chi connectivity index (χ2v) is 10.7. The number of para-hydroxylation sites is 2. The number of aromatic nitrogens is 3. The number of aromatic amines is 1. The van der Waals surface area contributed by atoms with Crippen LogP contribution in [0.4, 0.5) is 4.79 Å². The topological polar surface area (TPSA) is 118 Å². The summed E-state index contributed by atoms with van der Waals surface area (Å²) >= 11 is 0. The van der Waals surface area contributed by atoms with E-state index in [1.807, 2.05) is 61.7 Å². The molecule has 0 spiro atoms. The average Bonchev–Trinajstić information content (AvgIpc) is 3.69. The lowest BCUT2D eigenvalue weighted by atomic mass is 10.0. The van der Waals surface area contributed by atoms with E-state index in [9.17, 15) is 15.0 Å². The summed E-state index contributed by atoms with van der Waals surface area (Å²) < 4.78 is 15.4. The van der Waals surface area contributed by atoms with Crippen LogP contribution in [0.2, 0.25) is 0 Å². The number of nitrogens with one attached hydrogen (secondary N) is 2. The number of carbonyl (C=O) groups excluding carboxylic acids is 1. The van der Waals surface area contributed by atoms with Gasteiger partial charge in [-0.05, 0) is 31.2 Å². The number of carbonyl (C=O) groups is 1. The molecule has 8 rings (SSSR count). The Morgan fingerprint density at radius 1 is 0.950 bits per heavy atom. The third-order valence-electron chi connectivity index (χ3n) is 8.12. The molecule has 1 aliphatic rings. The van der Waals surface area contributed by atoms with Crippen molar-refractivity contribution in [2.24, 2.45) is 0 Å². The number of alkyl carbamates (subject to hydrolysis) is 1. The Hall–Kier alpha value is -4.89. The number of aryl methyl sites for hydroxylation is 1. The molecule has 0 saturated heterocycles. The van der Waals surface area contributed by atoms with Crippen molar-refractivity contribution in [1.82, 2.24) is 19.4 Å². The number of aliphatic hydroxyl groups is 1. The van der Waals surface area contributed by atoms with Crippen LogP contribution in [0.15, 0.2) is 71.3 Å². The van der Waals surface area contributed by atoms with Gasteiger partial charge >= 0.3 is 6.09 Å². The fourth-order valence-electron chi connectivity index (χ4n) is 6.54. The molecule has 1 amide bonds. The maximum absolute atomic E-state index is 12.6. The highest BCUT2D eigenvalue weighted by Crippen LogP contribution is 2.48. The van der Waals surface area contributed by atoms with Crippen molar-refractivity contribution in [2.75, 3.05) is 6.61 Å². The van der Waals surface area contributed by atoms with Gasteiger partial charge < -0.3 is 38.8 Å². The number of hydrogen-bond acceptors (Lipinski definition) is 5. The fourth-order valence-corrected chi connectivity index (χ4v) is 6.54. The summed E-state index contributed by atoms with van der Waals surface area (Å²) in [6, 6.07) is 19.7. The van der Waals surface area contributed by atoms with E-state index in [0.717, 1.165) is 60.1 Å². The lowest BCUT2D eigenvalue weighted by molar-refractivity contribution is -0.0424. The minimum Gasteiger partial charge on any atom is -0.494 e. The first-order valence-electron chi connectivity index (χ1n) is 13.2. The molecule has 1 aliphatic heterocycles. The molecule has 5 heterocycles. The van der Waals surface area contributed by atoms with E-state index in [1.54, 1.807) is 6.07 Å². The monoisotopic (exact) mass is 534 g/mol. The molecule has 0 saturated carbocycles. The molecule has 9 nitrogen and oxygen atoms in total. The summed E-state index contributed by atoms with van der Waals surface area (Å²) in [6.07, 6.45) is 1.22. The van der Waals surface area contributed by atoms with Crippen LogP contribution in [-0.2, 0) is 24.4 Å². The Balaban J connectivity index is 1.31. The molecule has 0 aliphatic carbocycles. The molecular formula is C31H26N4O5. The van der Waals surface area contributed by atoms with Gasteiger partial charge in [-0.25, -0.2) is 4.79 Å². The minimum absolute atomic E-state index is 0.114. The predicted octanol–water partition coefficient (Wildman–Crippen LogP) is 5.66. The van der Waals surface area contributed by atoms with Crippen LogP contribution in [0.25, 0.3) is 54.4 Å². The SMILES string of the molecule is Cc1ccc(CNC(=O)OCC2(O)Cn3c4ccccc4c4c5c[nH]c(O)c5c5c6ccccc6n(c5c43)C2)o1. The molecule has 200 valence electrons. The Morgan fingerprint density at radius 2 is 1.60 bits per heavy atom. The van der Waals surface area contributed by atoms with Crippen molar-refractivity contribution < 1.29 is 24.2 Å². The Morgan fingerprint density at radius 3 is 2.27 bits per heavy atom. The number of fused-ring (bicyclic) bond motifs is 9. The predicted molar refractivity (Wildman–Crippen MR) is 153 cm³/mol. The molecule has 4 N–H and O–H groups in total. The van der Waals surface area contributed by atoms with Gasteiger partial charge in [0.2, 0.25) is 0 Å². The molecule has 0 radical (unpaired) electrons. The lowest BCUT2D eigenvalue weighted by Crippen LogP contribution is -2.44. The largest absolute Gasteiger partial charge is 0.494 e. The molecule has 40 heavy (non-hydrogen) atoms. The molecule has 1 atom stereocenters. The van der Waals surface area contributed by atoms with Crippen molar-refractivity contribution in [3.8, 4) is 5.88 Å². The van der Waals surface area contributed by atoms with Crippen molar-refractivity contribution in [2.45, 2.75) is 32.2 Å². The Bertz CT molecular complexity index is 2150. The number of furan rings is 1. The zero-order valence-electron chi connectivity index (χ0n) is 21.7. The van der Waals surface area contributed by atoms with E-state index in [4.69, 9.17) is 9.15 Å². The van der Waals surface area contributed by atoms with Gasteiger partial charge in [0, 0.05) is 44.2 Å². The molecule has 3 aromatic carbocycles. The van der Waals surface area contributed by atoms with E-state index < -0.39 is 11.7 Å². The first-order valence-corrected chi connectivity index (χ1v) is 13.2. The van der Waals surface area contributed by atoms with Crippen LogP contribution in [0.3, 0.4) is 0 Å². The second-order valence-electron chi connectivity index (χ2n) is 10.7. The molecule has 0 bridgehead atoms. The zero-order chi connectivity index (χ0) is 27.2. The Labute approximate surface area is 227 Å². The van der Waals surface area contributed by atoms with Gasteiger partial charge in [0.05, 0.1) is 36.1 Å². The van der Waals surface area contributed by atoms with Crippen molar-refractivity contribution in [3.05, 3.63) is 78.4 Å². The van der Waals surface area contributed by atoms with Crippen LogP contribution in [0, 0.1) is 6.92 Å². The quantitative estimate of drug-likeness (QED) is 0.232. The number of rotatable bonds is 4. The highest BCUT2D eigenvalue weighted by molar-refractivity contribution is 6.36. The van der Waals surface area contributed by atoms with Gasteiger partial charge in [-0.3, -0.25) is 0 Å². The van der Waals surface area contributed by atoms with Gasteiger partial charge in [0.15, 0.2) is 5.88 Å². The number of aromatic hydroxyl groups is 1. The van der Waals surface area contributed by atoms with Crippen LogP contribution in [-0.4, -0.2) is 42.6 Å². The number of amides is 1. The van der Waals surface area contributed by atoms with E-state index in [0.29, 0.717) is 5.76 Å². The van der Waals surface area contributed by atoms with Crippen LogP contribution < -0.4 is 5.32 Å². The smallest absolute Gasteiger partial charge is 0.407 e. The van der Waals surface area contributed by atoms with Crippen LogP contribution in [0.1, 0.15) is 11.5 Å². The van der Waals surface area contributed by atoms with E-state index >= 15 is 0 Å². The van der Waals surface area contributed by atoms with Crippen molar-refractivity contribution in [3.63, 3.8) is 0 Å². The molecule has 7 aromatic rings. The molecular weight excluding hydrogens is 508 g/mol. The fraction of sp³-hybridized carbons (Fsp3) is 0.194. The minimum atomic E-state index is -1.42. The number of hydrogen-bond donors (Lipinski definition) is 4. The summed E-state index contributed by atoms with van der Waals surface area (Å²) in [5.74, 6) is 1.50.